The van der Waals surface area contributed by atoms with E-state index in [2.05, 4.69) is 10.2 Å². The third-order valence-corrected chi connectivity index (χ3v) is 0.803. The van der Waals surface area contributed by atoms with Gasteiger partial charge in [0.05, 0.1) is 14.2 Å². The van der Waals surface area contributed by atoms with Gasteiger partial charge in [0.1, 0.15) is 0 Å². The van der Waals surface area contributed by atoms with Crippen molar-refractivity contribution in [2.45, 2.75) is 6.61 Å². The van der Waals surface area contributed by atoms with Crippen molar-refractivity contribution >= 4 is 0 Å². The van der Waals surface area contributed by atoms with E-state index in [-0.39, 0.29) is 6.17 Å². The summed E-state index contributed by atoms with van der Waals surface area (Å²) < 4.78 is 11.9. The van der Waals surface area contributed by atoms with Gasteiger partial charge in [-0.3, -0.25) is 5.10 Å². The minimum absolute atomic E-state index is 0.261. The standard InChI is InChI=1S/C5H8N2O/c1-8-4-5-2-6-7-3-5/h2-3H,4H2,1H3,(H,6,7)/i2D. The lowest BCUT2D eigenvalue weighted by Gasteiger charge is -1.88. The van der Waals surface area contributed by atoms with Gasteiger partial charge in [-0.15, -0.1) is 0 Å². The van der Waals surface area contributed by atoms with Gasteiger partial charge in [-0.05, 0) is 0 Å². The second-order valence-electron chi connectivity index (χ2n) is 1.46. The van der Waals surface area contributed by atoms with E-state index < -0.39 is 0 Å². The van der Waals surface area contributed by atoms with E-state index in [9.17, 15) is 0 Å². The average Bonchev–Trinajstić information content (AvgIpc) is 2.18. The molecule has 0 aliphatic rings. The van der Waals surface area contributed by atoms with Crippen LogP contribution in [-0.4, -0.2) is 17.3 Å². The molecule has 3 heteroatoms. The van der Waals surface area contributed by atoms with Crippen molar-refractivity contribution in [1.82, 2.24) is 10.2 Å². The molecule has 0 fully saturated rings. The molecule has 0 aromatic carbocycles. The second-order valence-corrected chi connectivity index (χ2v) is 1.46. The summed E-state index contributed by atoms with van der Waals surface area (Å²) in [5, 5.41) is 6.16. The van der Waals surface area contributed by atoms with Crippen molar-refractivity contribution in [2.75, 3.05) is 7.11 Å². The molecule has 0 saturated carbocycles. The molecule has 0 amide bonds. The zero-order chi connectivity index (χ0) is 6.69. The van der Waals surface area contributed by atoms with Crippen LogP contribution in [-0.2, 0) is 11.3 Å². The van der Waals surface area contributed by atoms with Crippen molar-refractivity contribution in [1.29, 1.82) is 0 Å². The molecule has 0 spiro atoms. The molecular formula is C5H8N2O. The molecule has 44 valence electrons. The Bertz CT molecular complexity index is 187. The molecule has 3 nitrogen and oxygen atoms in total. The number of rotatable bonds is 2. The Balaban J connectivity index is 2.69. The fraction of sp³-hybridized carbons (Fsp3) is 0.400. The van der Waals surface area contributed by atoms with Crippen LogP contribution in [0.25, 0.3) is 0 Å². The molecule has 0 radical (unpaired) electrons. The molecule has 0 aliphatic heterocycles. The predicted octanol–water partition coefficient (Wildman–Crippen LogP) is 0.556. The normalized spacial score (nSPS) is 11.4. The lowest BCUT2D eigenvalue weighted by molar-refractivity contribution is 0.185. The van der Waals surface area contributed by atoms with Crippen molar-refractivity contribution in [3.63, 3.8) is 0 Å². The van der Waals surface area contributed by atoms with E-state index in [1.165, 1.54) is 0 Å². The predicted molar refractivity (Wildman–Crippen MR) is 29.3 cm³/mol. The van der Waals surface area contributed by atoms with E-state index in [0.717, 1.165) is 5.56 Å². The van der Waals surface area contributed by atoms with Gasteiger partial charge in [-0.25, -0.2) is 0 Å². The fourth-order valence-corrected chi connectivity index (χ4v) is 0.476. The molecule has 0 bridgehead atoms. The van der Waals surface area contributed by atoms with Crippen LogP contribution in [0.4, 0.5) is 0 Å². The first-order valence-electron chi connectivity index (χ1n) is 2.83. The Morgan fingerprint density at radius 2 is 3.00 bits per heavy atom. The topological polar surface area (TPSA) is 37.9 Å². The number of aromatic nitrogens is 2. The van der Waals surface area contributed by atoms with Gasteiger partial charge in [0, 0.05) is 18.9 Å². The van der Waals surface area contributed by atoms with Crippen LogP contribution < -0.4 is 0 Å². The highest BCUT2D eigenvalue weighted by molar-refractivity contribution is 4.99. The van der Waals surface area contributed by atoms with Crippen LogP contribution >= 0.6 is 0 Å². The third kappa shape index (κ3) is 1.07. The lowest BCUT2D eigenvalue weighted by Crippen LogP contribution is -1.81. The minimum atomic E-state index is 0.261. The molecule has 1 heterocycles. The fourth-order valence-electron chi connectivity index (χ4n) is 0.476. The Morgan fingerprint density at radius 3 is 3.50 bits per heavy atom. The van der Waals surface area contributed by atoms with Gasteiger partial charge in [-0.2, -0.15) is 5.10 Å². The van der Waals surface area contributed by atoms with Crippen molar-refractivity contribution in [2.24, 2.45) is 0 Å². The number of aromatic amines is 1. The van der Waals surface area contributed by atoms with E-state index in [1.54, 1.807) is 13.3 Å². The first kappa shape index (κ1) is 4.09. The zero-order valence-corrected chi connectivity index (χ0v) is 4.64. The van der Waals surface area contributed by atoms with Gasteiger partial charge in [0.2, 0.25) is 0 Å². The molecule has 0 saturated heterocycles. The van der Waals surface area contributed by atoms with Crippen LogP contribution in [0.2, 0.25) is 0 Å². The summed E-state index contributed by atoms with van der Waals surface area (Å²) in [5.74, 6) is 0. The van der Waals surface area contributed by atoms with Crippen LogP contribution in [0.5, 0.6) is 0 Å². The zero-order valence-electron chi connectivity index (χ0n) is 5.64. The highest BCUT2D eigenvalue weighted by Crippen LogP contribution is 1.93. The summed E-state index contributed by atoms with van der Waals surface area (Å²) in [6.07, 6.45) is 1.92. The SMILES string of the molecule is [2H]c1n[nH]cc1COC. The number of hydrogen-bond acceptors (Lipinski definition) is 2. The summed E-state index contributed by atoms with van der Waals surface area (Å²) in [6, 6.07) is 0. The summed E-state index contributed by atoms with van der Waals surface area (Å²) >= 11 is 0. The van der Waals surface area contributed by atoms with E-state index in [4.69, 9.17) is 6.11 Å². The number of H-pyrrole nitrogens is 1. The molecule has 1 N–H and O–H groups in total. The van der Waals surface area contributed by atoms with Gasteiger partial charge in [-0.1, -0.05) is 0 Å². The average molecular weight is 113 g/mol. The number of nitrogens with zero attached hydrogens (tertiary/aromatic N) is 1. The minimum Gasteiger partial charge on any atom is -0.380 e. The Kier molecular flexibility index (Phi) is 1.26. The molecule has 1 aromatic heterocycles. The number of hydrogen-bond donors (Lipinski definition) is 1. The number of nitrogens with one attached hydrogen (secondary N) is 1. The summed E-state index contributed by atoms with van der Waals surface area (Å²) in [6.45, 7) is 0.454. The first-order chi connectivity index (χ1) is 4.34. The van der Waals surface area contributed by atoms with Gasteiger partial charge in [0.15, 0.2) is 0 Å². The van der Waals surface area contributed by atoms with E-state index in [1.807, 2.05) is 0 Å². The van der Waals surface area contributed by atoms with Gasteiger partial charge < -0.3 is 4.74 Å². The summed E-state index contributed by atoms with van der Waals surface area (Å²) in [7, 11) is 1.59. The molecular weight excluding hydrogens is 104 g/mol. The Morgan fingerprint density at radius 1 is 2.12 bits per heavy atom. The Labute approximate surface area is 49.1 Å². The molecule has 1 aromatic rings. The van der Waals surface area contributed by atoms with Crippen LogP contribution in [0.15, 0.2) is 12.4 Å². The highest BCUT2D eigenvalue weighted by Gasteiger charge is 1.87. The van der Waals surface area contributed by atoms with Crippen molar-refractivity contribution in [3.05, 3.63) is 17.9 Å². The molecule has 0 unspecified atom stereocenters. The Hall–Kier alpha value is -0.830. The maximum absolute atomic E-state index is 7.13. The maximum Gasteiger partial charge on any atom is 0.0863 e. The van der Waals surface area contributed by atoms with E-state index in [0.29, 0.717) is 6.61 Å². The molecule has 1 rings (SSSR count). The first-order valence-corrected chi connectivity index (χ1v) is 2.33. The lowest BCUT2D eigenvalue weighted by atomic mass is 10.4. The molecule has 0 atom stereocenters. The largest absolute Gasteiger partial charge is 0.380 e. The van der Waals surface area contributed by atoms with Crippen LogP contribution in [0, 0.1) is 0 Å². The number of ether oxygens (including phenoxy) is 1. The quantitative estimate of drug-likeness (QED) is 0.608. The molecule has 0 aliphatic carbocycles. The van der Waals surface area contributed by atoms with Crippen molar-refractivity contribution < 1.29 is 6.11 Å². The van der Waals surface area contributed by atoms with Crippen LogP contribution in [0.1, 0.15) is 6.93 Å². The smallest absolute Gasteiger partial charge is 0.0863 e. The summed E-state index contributed by atoms with van der Waals surface area (Å²) in [4.78, 5) is 0. The highest BCUT2D eigenvalue weighted by atomic mass is 16.5. The monoisotopic (exact) mass is 113 g/mol. The van der Waals surface area contributed by atoms with Crippen molar-refractivity contribution in [3.8, 4) is 0 Å². The van der Waals surface area contributed by atoms with Gasteiger partial charge >= 0.3 is 0 Å². The number of methoxy groups -OCH3 is 1. The van der Waals surface area contributed by atoms with Crippen LogP contribution in [0.3, 0.4) is 0 Å². The second kappa shape index (κ2) is 2.47. The molecule has 8 heavy (non-hydrogen) atoms. The van der Waals surface area contributed by atoms with Gasteiger partial charge in [0.25, 0.3) is 0 Å². The third-order valence-electron chi connectivity index (χ3n) is 0.803. The van der Waals surface area contributed by atoms with E-state index >= 15 is 0 Å². The maximum atomic E-state index is 7.13. The summed E-state index contributed by atoms with van der Waals surface area (Å²) in [5.41, 5.74) is 0.789.